The lowest BCUT2D eigenvalue weighted by Crippen LogP contribution is -2.04. The van der Waals surface area contributed by atoms with Gasteiger partial charge in [0.05, 0.1) is 5.69 Å². The van der Waals surface area contributed by atoms with E-state index in [-0.39, 0.29) is 0 Å². The molecule has 0 saturated heterocycles. The molecule has 1 aromatic heterocycles. The molecule has 0 saturated carbocycles. The van der Waals surface area contributed by atoms with E-state index in [9.17, 15) is 0 Å². The molecule has 1 atom stereocenters. The van der Waals surface area contributed by atoms with Gasteiger partial charge in [0.2, 0.25) is 5.13 Å². The van der Waals surface area contributed by atoms with Gasteiger partial charge in [-0.1, -0.05) is 42.5 Å². The third kappa shape index (κ3) is 3.33. The topological polar surface area (TPSA) is 37.3 Å². The van der Waals surface area contributed by atoms with Crippen molar-refractivity contribution in [3.8, 4) is 11.3 Å². The SMILES string of the molecule is C1=CC[C@@H](C=NNc2nc(-c3ccccc3)cs2)CC1. The van der Waals surface area contributed by atoms with Gasteiger partial charge >= 0.3 is 0 Å². The van der Waals surface area contributed by atoms with Crippen LogP contribution in [0.5, 0.6) is 0 Å². The second-order valence-corrected chi connectivity index (χ2v) is 5.70. The number of hydrogen-bond acceptors (Lipinski definition) is 4. The highest BCUT2D eigenvalue weighted by atomic mass is 32.1. The third-order valence-electron chi connectivity index (χ3n) is 3.33. The van der Waals surface area contributed by atoms with Crippen LogP contribution in [0.4, 0.5) is 5.13 Å². The normalized spacial score (nSPS) is 18.5. The molecule has 1 heterocycles. The molecule has 1 aromatic carbocycles. The van der Waals surface area contributed by atoms with Crippen molar-refractivity contribution in [3.63, 3.8) is 0 Å². The molecule has 3 rings (SSSR count). The van der Waals surface area contributed by atoms with Crippen LogP contribution in [0.2, 0.25) is 0 Å². The van der Waals surface area contributed by atoms with Gasteiger partial charge in [0.25, 0.3) is 0 Å². The lowest BCUT2D eigenvalue weighted by molar-refractivity contribution is 0.627. The maximum absolute atomic E-state index is 4.54. The Labute approximate surface area is 123 Å². The van der Waals surface area contributed by atoms with Crippen LogP contribution in [0, 0.1) is 5.92 Å². The van der Waals surface area contributed by atoms with Gasteiger partial charge in [-0.2, -0.15) is 5.10 Å². The molecule has 0 radical (unpaired) electrons. The molecule has 0 spiro atoms. The highest BCUT2D eigenvalue weighted by Gasteiger charge is 2.07. The minimum absolute atomic E-state index is 0.557. The number of anilines is 1. The molecule has 3 nitrogen and oxygen atoms in total. The first-order valence-corrected chi connectivity index (χ1v) is 7.75. The number of aromatic nitrogens is 1. The minimum Gasteiger partial charge on any atom is -0.253 e. The lowest BCUT2D eigenvalue weighted by Gasteiger charge is -2.11. The van der Waals surface area contributed by atoms with E-state index in [1.807, 2.05) is 24.4 Å². The van der Waals surface area contributed by atoms with E-state index in [0.29, 0.717) is 5.92 Å². The maximum Gasteiger partial charge on any atom is 0.203 e. The van der Waals surface area contributed by atoms with Crippen molar-refractivity contribution in [2.24, 2.45) is 11.0 Å². The van der Waals surface area contributed by atoms with Crippen LogP contribution in [0.15, 0.2) is 53.0 Å². The van der Waals surface area contributed by atoms with Crippen LogP contribution < -0.4 is 5.43 Å². The number of hydrogen-bond donors (Lipinski definition) is 1. The Morgan fingerprint density at radius 1 is 1.25 bits per heavy atom. The Morgan fingerprint density at radius 2 is 2.15 bits per heavy atom. The molecule has 0 bridgehead atoms. The molecule has 0 aliphatic heterocycles. The van der Waals surface area contributed by atoms with Gasteiger partial charge in [-0.05, 0) is 25.2 Å². The van der Waals surface area contributed by atoms with Gasteiger partial charge in [-0.3, -0.25) is 5.43 Å². The standard InChI is InChI=1S/C16H17N3S/c1-3-7-13(8-4-1)11-17-19-16-18-15(12-20-16)14-9-5-2-6-10-14/h1-3,5-6,9-13H,4,7-8H2,(H,18,19)/t13-/m1/s1. The molecule has 1 aliphatic carbocycles. The zero-order valence-electron chi connectivity index (χ0n) is 11.2. The summed E-state index contributed by atoms with van der Waals surface area (Å²) >= 11 is 1.58. The molecule has 2 aromatic rings. The zero-order chi connectivity index (χ0) is 13.6. The molecule has 0 fully saturated rings. The van der Waals surface area contributed by atoms with Gasteiger partial charge in [0.15, 0.2) is 0 Å². The van der Waals surface area contributed by atoms with Crippen molar-refractivity contribution in [2.75, 3.05) is 5.43 Å². The summed E-state index contributed by atoms with van der Waals surface area (Å²) in [5, 5.41) is 7.20. The summed E-state index contributed by atoms with van der Waals surface area (Å²) in [7, 11) is 0. The summed E-state index contributed by atoms with van der Waals surface area (Å²) < 4.78 is 0. The number of nitrogens with zero attached hydrogens (tertiary/aromatic N) is 2. The molecule has 20 heavy (non-hydrogen) atoms. The molecule has 1 aliphatic rings. The van der Waals surface area contributed by atoms with Gasteiger partial charge in [-0.15, -0.1) is 11.3 Å². The lowest BCUT2D eigenvalue weighted by atomic mass is 9.96. The highest BCUT2D eigenvalue weighted by molar-refractivity contribution is 7.14. The van der Waals surface area contributed by atoms with Gasteiger partial charge in [0, 0.05) is 17.2 Å². The summed E-state index contributed by atoms with van der Waals surface area (Å²) in [5.41, 5.74) is 5.17. The fourth-order valence-corrected chi connectivity index (χ4v) is 2.89. The number of benzene rings is 1. The monoisotopic (exact) mass is 283 g/mol. The Hall–Kier alpha value is -1.94. The summed E-state index contributed by atoms with van der Waals surface area (Å²) in [5.74, 6) is 0.557. The number of thiazole rings is 1. The van der Waals surface area contributed by atoms with Crippen LogP contribution >= 0.6 is 11.3 Å². The van der Waals surface area contributed by atoms with Crippen molar-refractivity contribution >= 4 is 22.7 Å². The average Bonchev–Trinajstić information content (AvgIpc) is 2.98. The number of nitrogens with one attached hydrogen (secondary N) is 1. The second kappa shape index (κ2) is 6.48. The maximum atomic E-state index is 4.54. The van der Waals surface area contributed by atoms with Crippen molar-refractivity contribution < 1.29 is 0 Å². The summed E-state index contributed by atoms with van der Waals surface area (Å²) in [6.45, 7) is 0. The zero-order valence-corrected chi connectivity index (χ0v) is 12.0. The summed E-state index contributed by atoms with van der Waals surface area (Å²) in [4.78, 5) is 4.54. The van der Waals surface area contributed by atoms with Crippen molar-refractivity contribution in [3.05, 3.63) is 47.9 Å². The van der Waals surface area contributed by atoms with Crippen molar-refractivity contribution in [2.45, 2.75) is 19.3 Å². The summed E-state index contributed by atoms with van der Waals surface area (Å²) in [6, 6.07) is 10.2. The average molecular weight is 283 g/mol. The van der Waals surface area contributed by atoms with Gasteiger partial charge in [-0.25, -0.2) is 4.98 Å². The fourth-order valence-electron chi connectivity index (χ4n) is 2.22. The van der Waals surface area contributed by atoms with E-state index in [1.165, 1.54) is 6.42 Å². The largest absolute Gasteiger partial charge is 0.253 e. The first kappa shape index (κ1) is 13.1. The van der Waals surface area contributed by atoms with Crippen LogP contribution in [0.1, 0.15) is 19.3 Å². The van der Waals surface area contributed by atoms with Crippen LogP contribution in [-0.2, 0) is 0 Å². The predicted molar refractivity (Wildman–Crippen MR) is 86.1 cm³/mol. The molecular formula is C16H17N3S. The van der Waals surface area contributed by atoms with E-state index in [4.69, 9.17) is 0 Å². The quantitative estimate of drug-likeness (QED) is 0.507. The Balaban J connectivity index is 1.60. The minimum atomic E-state index is 0.557. The molecule has 0 amide bonds. The number of hydrazone groups is 1. The molecular weight excluding hydrogens is 266 g/mol. The van der Waals surface area contributed by atoms with Crippen molar-refractivity contribution in [1.29, 1.82) is 0 Å². The second-order valence-electron chi connectivity index (χ2n) is 4.84. The Bertz CT molecular complexity index is 601. The molecule has 1 N–H and O–H groups in total. The van der Waals surface area contributed by atoms with Crippen molar-refractivity contribution in [1.82, 2.24) is 4.98 Å². The van der Waals surface area contributed by atoms with Crippen LogP contribution in [-0.4, -0.2) is 11.2 Å². The van der Waals surface area contributed by atoms with Crippen LogP contribution in [0.25, 0.3) is 11.3 Å². The number of rotatable bonds is 4. The fraction of sp³-hybridized carbons (Fsp3) is 0.250. The highest BCUT2D eigenvalue weighted by Crippen LogP contribution is 2.24. The van der Waals surface area contributed by atoms with E-state index >= 15 is 0 Å². The molecule has 4 heteroatoms. The van der Waals surface area contributed by atoms with E-state index in [0.717, 1.165) is 29.2 Å². The molecule has 102 valence electrons. The van der Waals surface area contributed by atoms with Crippen LogP contribution in [0.3, 0.4) is 0 Å². The first-order valence-electron chi connectivity index (χ1n) is 6.87. The molecule has 0 unspecified atom stereocenters. The summed E-state index contributed by atoms with van der Waals surface area (Å²) in [6.07, 6.45) is 9.92. The Morgan fingerprint density at radius 3 is 2.95 bits per heavy atom. The Kier molecular flexibility index (Phi) is 4.23. The first-order chi connectivity index (χ1) is 9.92. The smallest absolute Gasteiger partial charge is 0.203 e. The van der Waals surface area contributed by atoms with E-state index in [1.54, 1.807) is 11.3 Å². The predicted octanol–water partition coefficient (Wildman–Crippen LogP) is 4.56. The van der Waals surface area contributed by atoms with E-state index in [2.05, 4.69) is 45.2 Å². The third-order valence-corrected chi connectivity index (χ3v) is 4.08. The van der Waals surface area contributed by atoms with E-state index < -0.39 is 0 Å². The number of allylic oxidation sites excluding steroid dienone is 2. The van der Waals surface area contributed by atoms with Gasteiger partial charge < -0.3 is 0 Å². The van der Waals surface area contributed by atoms with Gasteiger partial charge in [0.1, 0.15) is 0 Å².